The number of pyridine rings is 1. The molecule has 5 fully saturated rings. The average Bonchev–Trinajstić information content (AvgIpc) is 4.17. The second-order valence-electron chi connectivity index (χ2n) is 16.1. The average molecular weight is 744 g/mol. The third-order valence-electron chi connectivity index (χ3n) is 13.1. The summed E-state index contributed by atoms with van der Waals surface area (Å²) in [7, 11) is 0. The highest BCUT2D eigenvalue weighted by Crippen LogP contribution is 2.64. The zero-order chi connectivity index (χ0) is 37.5. The molecular formula is C46H42FN7O2. The summed E-state index contributed by atoms with van der Waals surface area (Å²) in [6.07, 6.45) is 6.76. The van der Waals surface area contributed by atoms with E-state index in [2.05, 4.69) is 53.8 Å². The quantitative estimate of drug-likeness (QED) is 0.111. The molecule has 10 heteroatoms. The van der Waals surface area contributed by atoms with E-state index in [1.807, 2.05) is 70.7 Å². The van der Waals surface area contributed by atoms with Crippen molar-refractivity contribution >= 4 is 28.3 Å². The van der Waals surface area contributed by atoms with Crippen molar-refractivity contribution in [1.82, 2.24) is 29.4 Å². The monoisotopic (exact) mass is 743 g/mol. The summed E-state index contributed by atoms with van der Waals surface area (Å²) >= 11 is 0. The molecule has 5 aliphatic carbocycles. The van der Waals surface area contributed by atoms with Gasteiger partial charge in [-0.3, -0.25) is 4.79 Å². The molecule has 0 aliphatic heterocycles. The standard InChI is InChI=1S/C46H42FN7O2/c1-2-56-45(55)39-32-20-21-33(35-25-34(32)35)40(39)49-42-38-23-22-37(27-18-19-27)53(38)52-43(50-42)41-36-24-31(47)26-48-44(36)54(51-41)46(28-12-6-3-7-13-28,29-14-8-4-9-15-29)30-16-10-5-11-17-30/h3-17,22-24,26-27,32-35,39-40H,2,18-21,25H2,1H3,(H,49,50,52)/t32-,33+,34?,35?,39-,40-/m0/s1. The molecule has 4 aromatic heterocycles. The Bertz CT molecular complexity index is 2510. The predicted molar refractivity (Wildman–Crippen MR) is 211 cm³/mol. The number of carbonyl (C=O) groups excluding carboxylic acids is 1. The number of aromatic nitrogens is 6. The van der Waals surface area contributed by atoms with Crippen molar-refractivity contribution in [3.63, 3.8) is 0 Å². The van der Waals surface area contributed by atoms with Crippen molar-refractivity contribution in [3.8, 4) is 11.5 Å². The fraction of sp³-hybridized carbons (Fsp3) is 0.326. The third kappa shape index (κ3) is 5.07. The normalized spacial score (nSPS) is 24.0. The maximum absolute atomic E-state index is 15.5. The fourth-order valence-corrected chi connectivity index (χ4v) is 10.6. The van der Waals surface area contributed by atoms with E-state index in [-0.39, 0.29) is 17.9 Å². The Balaban J connectivity index is 1.15. The van der Waals surface area contributed by atoms with Gasteiger partial charge in [-0.25, -0.2) is 23.6 Å². The summed E-state index contributed by atoms with van der Waals surface area (Å²) < 4.78 is 25.1. The summed E-state index contributed by atoms with van der Waals surface area (Å²) in [5, 5.41) is 15.0. The smallest absolute Gasteiger partial charge is 0.311 e. The molecular weight excluding hydrogens is 702 g/mol. The van der Waals surface area contributed by atoms with Crippen molar-refractivity contribution < 1.29 is 13.9 Å². The van der Waals surface area contributed by atoms with Gasteiger partial charge in [0.25, 0.3) is 0 Å². The molecule has 0 radical (unpaired) electrons. The van der Waals surface area contributed by atoms with Gasteiger partial charge in [0, 0.05) is 17.7 Å². The number of nitrogens with one attached hydrogen (secondary N) is 1. The Hall–Kier alpha value is -5.90. The van der Waals surface area contributed by atoms with Crippen molar-refractivity contribution in [2.75, 3.05) is 11.9 Å². The van der Waals surface area contributed by atoms with Gasteiger partial charge in [0.1, 0.15) is 22.6 Å². The lowest BCUT2D eigenvalue weighted by Crippen LogP contribution is -2.53. The van der Waals surface area contributed by atoms with Crippen LogP contribution in [0.1, 0.15) is 67.3 Å². The molecule has 2 unspecified atom stereocenters. The van der Waals surface area contributed by atoms with Gasteiger partial charge in [0.15, 0.2) is 11.5 Å². The highest BCUT2D eigenvalue weighted by Gasteiger charge is 2.63. The van der Waals surface area contributed by atoms with Gasteiger partial charge < -0.3 is 10.1 Å². The van der Waals surface area contributed by atoms with Crippen LogP contribution in [0.25, 0.3) is 28.1 Å². The minimum absolute atomic E-state index is 0.113. The molecule has 0 amide bonds. The van der Waals surface area contributed by atoms with Crippen LogP contribution >= 0.6 is 0 Å². The minimum atomic E-state index is -1.00. The highest BCUT2D eigenvalue weighted by atomic mass is 19.1. The SMILES string of the molecule is CCOC(=O)[C@@H]1[C@@H](Nc2nc(-c3nn(C(c4ccccc4)(c4ccccc4)c4ccccc4)c4ncc(F)cc34)nn3c(C4CC4)ccc23)[C@@H]2CC[C@H]1C1CC12. The fourth-order valence-electron chi connectivity index (χ4n) is 10.6. The molecule has 1 N–H and O–H groups in total. The van der Waals surface area contributed by atoms with E-state index in [0.717, 1.165) is 53.6 Å². The lowest BCUT2D eigenvalue weighted by molar-refractivity contribution is -0.155. The molecule has 5 saturated carbocycles. The molecule has 9 nitrogen and oxygen atoms in total. The van der Waals surface area contributed by atoms with Crippen LogP contribution in [0, 0.1) is 35.4 Å². The zero-order valence-electron chi connectivity index (χ0n) is 31.1. The van der Waals surface area contributed by atoms with E-state index in [4.69, 9.17) is 24.9 Å². The van der Waals surface area contributed by atoms with E-state index in [1.165, 1.54) is 18.7 Å². The first-order valence-corrected chi connectivity index (χ1v) is 20.1. The number of benzene rings is 3. The number of anilines is 1. The number of fused-ring (bicyclic) bond motifs is 4. The van der Waals surface area contributed by atoms with Crippen molar-refractivity contribution in [3.05, 3.63) is 144 Å². The van der Waals surface area contributed by atoms with Crippen molar-refractivity contribution in [1.29, 1.82) is 0 Å². The summed E-state index contributed by atoms with van der Waals surface area (Å²) in [5.74, 6) is 2.47. The van der Waals surface area contributed by atoms with Crippen LogP contribution in [0.5, 0.6) is 0 Å². The minimum Gasteiger partial charge on any atom is -0.466 e. The zero-order valence-corrected chi connectivity index (χ0v) is 31.1. The molecule has 0 spiro atoms. The second kappa shape index (κ2) is 12.8. The lowest BCUT2D eigenvalue weighted by atomic mass is 9.61. The van der Waals surface area contributed by atoms with E-state index in [9.17, 15) is 4.79 Å². The first-order chi connectivity index (χ1) is 27.5. The Labute approximate surface area is 324 Å². The van der Waals surface area contributed by atoms with Gasteiger partial charge in [-0.1, -0.05) is 91.0 Å². The first-order valence-electron chi connectivity index (χ1n) is 20.1. The molecule has 7 aromatic rings. The molecule has 12 rings (SSSR count). The molecule has 5 aliphatic rings. The summed E-state index contributed by atoms with van der Waals surface area (Å²) in [5.41, 5.74) is 4.79. The maximum atomic E-state index is 15.5. The second-order valence-corrected chi connectivity index (χ2v) is 16.1. The van der Waals surface area contributed by atoms with Crippen LogP contribution in [0.2, 0.25) is 0 Å². The molecule has 2 bridgehead atoms. The van der Waals surface area contributed by atoms with Crippen molar-refractivity contribution in [2.24, 2.45) is 29.6 Å². The number of nitrogens with zero attached hydrogens (tertiary/aromatic N) is 6. The third-order valence-corrected chi connectivity index (χ3v) is 13.1. The van der Waals surface area contributed by atoms with Gasteiger partial charge >= 0.3 is 5.97 Å². The Morgan fingerprint density at radius 1 is 0.821 bits per heavy atom. The van der Waals surface area contributed by atoms with Crippen LogP contribution in [0.4, 0.5) is 10.2 Å². The summed E-state index contributed by atoms with van der Waals surface area (Å²) in [4.78, 5) is 23.7. The van der Waals surface area contributed by atoms with Gasteiger partial charge in [0.05, 0.1) is 24.1 Å². The number of hydrogen-bond donors (Lipinski definition) is 1. The number of halogens is 1. The molecule has 0 saturated heterocycles. The van der Waals surface area contributed by atoms with Crippen LogP contribution in [0.3, 0.4) is 0 Å². The molecule has 4 heterocycles. The first kappa shape index (κ1) is 33.4. The Morgan fingerprint density at radius 3 is 2.11 bits per heavy atom. The Kier molecular flexibility index (Phi) is 7.66. The topological polar surface area (TPSA) is 99.2 Å². The number of ether oxygens (including phenoxy) is 1. The van der Waals surface area contributed by atoms with Crippen LogP contribution in [-0.4, -0.2) is 48.0 Å². The van der Waals surface area contributed by atoms with Crippen molar-refractivity contribution in [2.45, 2.75) is 56.5 Å². The summed E-state index contributed by atoms with van der Waals surface area (Å²) in [6, 6.07) is 36.4. The van der Waals surface area contributed by atoms with E-state index < -0.39 is 11.4 Å². The number of esters is 1. The van der Waals surface area contributed by atoms with Gasteiger partial charge in [0.2, 0.25) is 5.82 Å². The van der Waals surface area contributed by atoms with E-state index >= 15 is 4.39 Å². The van der Waals surface area contributed by atoms with Crippen LogP contribution in [0.15, 0.2) is 115 Å². The maximum Gasteiger partial charge on any atom is 0.311 e. The van der Waals surface area contributed by atoms with E-state index in [1.54, 1.807) is 0 Å². The van der Waals surface area contributed by atoms with Gasteiger partial charge in [-0.05, 0) is 97.6 Å². The highest BCUT2D eigenvalue weighted by molar-refractivity contribution is 5.90. The molecule has 280 valence electrons. The largest absolute Gasteiger partial charge is 0.466 e. The number of carbonyl (C=O) groups is 1. The Morgan fingerprint density at radius 2 is 1.46 bits per heavy atom. The van der Waals surface area contributed by atoms with Crippen LogP contribution in [-0.2, 0) is 15.1 Å². The lowest BCUT2D eigenvalue weighted by Gasteiger charge is -2.47. The summed E-state index contributed by atoms with van der Waals surface area (Å²) in [6.45, 7) is 2.24. The predicted octanol–water partition coefficient (Wildman–Crippen LogP) is 8.63. The van der Waals surface area contributed by atoms with Gasteiger partial charge in [-0.15, -0.1) is 5.10 Å². The molecule has 6 atom stereocenters. The van der Waals surface area contributed by atoms with Crippen LogP contribution < -0.4 is 5.32 Å². The number of hydrogen-bond acceptors (Lipinski definition) is 7. The molecule has 56 heavy (non-hydrogen) atoms. The molecule has 3 aromatic carbocycles. The number of rotatable bonds is 10. The van der Waals surface area contributed by atoms with Gasteiger partial charge in [-0.2, -0.15) is 5.10 Å². The van der Waals surface area contributed by atoms with E-state index in [0.29, 0.717) is 64.6 Å².